The van der Waals surface area contributed by atoms with E-state index in [1.54, 1.807) is 18.2 Å². The van der Waals surface area contributed by atoms with Crippen molar-refractivity contribution in [2.45, 2.75) is 18.5 Å². The molecule has 1 aliphatic carbocycles. The number of benzene rings is 2. The Morgan fingerprint density at radius 2 is 1.71 bits per heavy atom. The molecule has 1 fully saturated rings. The molecule has 148 valence electrons. The first-order valence-electron chi connectivity index (χ1n) is 8.71. The van der Waals surface area contributed by atoms with Gasteiger partial charge >= 0.3 is 6.18 Å². The maximum absolute atomic E-state index is 12.6. The van der Waals surface area contributed by atoms with Crippen molar-refractivity contribution < 1.29 is 22.8 Å². The molecule has 0 bridgehead atoms. The van der Waals surface area contributed by atoms with E-state index >= 15 is 0 Å². The van der Waals surface area contributed by atoms with Gasteiger partial charge in [0, 0.05) is 31.3 Å². The molecule has 0 saturated heterocycles. The lowest BCUT2D eigenvalue weighted by Gasteiger charge is -2.13. The van der Waals surface area contributed by atoms with Gasteiger partial charge in [-0.1, -0.05) is 18.2 Å². The molecule has 5 nitrogen and oxygen atoms in total. The number of hydrogen-bond donors (Lipinski definition) is 2. The molecule has 1 aliphatic rings. The fourth-order valence-electron chi connectivity index (χ4n) is 2.98. The van der Waals surface area contributed by atoms with Crippen LogP contribution in [-0.4, -0.2) is 25.9 Å². The lowest BCUT2D eigenvalue weighted by atomic mass is 10.1. The molecule has 0 aliphatic heterocycles. The topological polar surface area (TPSA) is 61.4 Å². The minimum absolute atomic E-state index is 0.142. The second-order valence-corrected chi connectivity index (χ2v) is 6.96. The van der Waals surface area contributed by atoms with E-state index in [1.807, 2.05) is 25.1 Å². The number of hydrogen-bond acceptors (Lipinski definition) is 3. The second kappa shape index (κ2) is 7.53. The first kappa shape index (κ1) is 19.7. The van der Waals surface area contributed by atoms with Gasteiger partial charge in [0.15, 0.2) is 0 Å². The van der Waals surface area contributed by atoms with E-state index in [4.69, 9.17) is 0 Å². The summed E-state index contributed by atoms with van der Waals surface area (Å²) in [6.45, 7) is 0. The molecule has 28 heavy (non-hydrogen) atoms. The number of nitrogens with zero attached hydrogens (tertiary/aromatic N) is 1. The highest BCUT2D eigenvalue weighted by Crippen LogP contribution is 2.47. The number of anilines is 1. The maximum atomic E-state index is 12.6. The van der Waals surface area contributed by atoms with E-state index in [-0.39, 0.29) is 17.7 Å². The van der Waals surface area contributed by atoms with Crippen LogP contribution in [0.25, 0.3) is 0 Å². The summed E-state index contributed by atoms with van der Waals surface area (Å²) in [5, 5.41) is 0. The maximum Gasteiger partial charge on any atom is 0.416 e. The standard InChI is InChI=1S/C20H20F3N3O2/c1-26(2)15-5-3-4-13(10-15)18(27)24-25-19(28)17-11-16(17)12-6-8-14(9-7-12)20(21,22)23/h3-10,16-17H,11H2,1-2H3,(H,24,27)(H,25,28). The average molecular weight is 391 g/mol. The fraction of sp³-hybridized carbons (Fsp3) is 0.300. The molecule has 0 radical (unpaired) electrons. The number of rotatable bonds is 4. The van der Waals surface area contributed by atoms with Crippen LogP contribution in [0.5, 0.6) is 0 Å². The van der Waals surface area contributed by atoms with Crippen molar-refractivity contribution in [1.29, 1.82) is 0 Å². The zero-order valence-electron chi connectivity index (χ0n) is 15.4. The van der Waals surface area contributed by atoms with Crippen molar-refractivity contribution in [2.24, 2.45) is 5.92 Å². The smallest absolute Gasteiger partial charge is 0.378 e. The first-order valence-corrected chi connectivity index (χ1v) is 8.71. The van der Waals surface area contributed by atoms with Crippen molar-refractivity contribution in [2.75, 3.05) is 19.0 Å². The van der Waals surface area contributed by atoms with E-state index in [9.17, 15) is 22.8 Å². The largest absolute Gasteiger partial charge is 0.416 e. The van der Waals surface area contributed by atoms with Gasteiger partial charge < -0.3 is 4.90 Å². The number of carbonyl (C=O) groups excluding carboxylic acids is 2. The van der Waals surface area contributed by atoms with Crippen molar-refractivity contribution in [1.82, 2.24) is 10.9 Å². The molecule has 2 aromatic carbocycles. The van der Waals surface area contributed by atoms with Crippen LogP contribution in [0.15, 0.2) is 48.5 Å². The number of amides is 2. The summed E-state index contributed by atoms with van der Waals surface area (Å²) in [5.74, 6) is -1.31. The predicted octanol–water partition coefficient (Wildman–Crippen LogP) is 3.34. The van der Waals surface area contributed by atoms with E-state index < -0.39 is 17.6 Å². The highest BCUT2D eigenvalue weighted by Gasteiger charge is 2.44. The van der Waals surface area contributed by atoms with Gasteiger partial charge in [-0.25, -0.2) is 0 Å². The first-order chi connectivity index (χ1) is 13.2. The molecule has 2 amide bonds. The number of halogens is 3. The van der Waals surface area contributed by atoms with Gasteiger partial charge in [0.2, 0.25) is 5.91 Å². The lowest BCUT2D eigenvalue weighted by molar-refractivity contribution is -0.137. The lowest BCUT2D eigenvalue weighted by Crippen LogP contribution is -2.42. The molecule has 2 aromatic rings. The van der Waals surface area contributed by atoms with Gasteiger partial charge in [-0.2, -0.15) is 13.2 Å². The number of carbonyl (C=O) groups is 2. The average Bonchev–Trinajstić information content (AvgIpc) is 3.46. The Bertz CT molecular complexity index is 879. The summed E-state index contributed by atoms with van der Waals surface area (Å²) in [7, 11) is 3.71. The van der Waals surface area contributed by atoms with E-state index in [0.717, 1.165) is 17.8 Å². The fourth-order valence-corrected chi connectivity index (χ4v) is 2.98. The SMILES string of the molecule is CN(C)c1cccc(C(=O)NNC(=O)C2CC2c2ccc(C(F)(F)F)cc2)c1. The van der Waals surface area contributed by atoms with Gasteiger partial charge in [0.25, 0.3) is 5.91 Å². The minimum Gasteiger partial charge on any atom is -0.378 e. The van der Waals surface area contributed by atoms with Crippen LogP contribution in [0.1, 0.15) is 33.8 Å². The van der Waals surface area contributed by atoms with Crippen molar-refractivity contribution in [3.63, 3.8) is 0 Å². The normalized spacial score (nSPS) is 18.3. The molecular weight excluding hydrogens is 371 g/mol. The third-order valence-corrected chi connectivity index (χ3v) is 4.72. The molecule has 2 N–H and O–H groups in total. The minimum atomic E-state index is -4.38. The zero-order chi connectivity index (χ0) is 20.5. The van der Waals surface area contributed by atoms with Gasteiger partial charge in [-0.15, -0.1) is 0 Å². The van der Waals surface area contributed by atoms with E-state index in [0.29, 0.717) is 17.5 Å². The Hall–Kier alpha value is -3.03. The molecule has 0 spiro atoms. The molecule has 8 heteroatoms. The summed E-state index contributed by atoms with van der Waals surface area (Å²) in [5.41, 5.74) is 5.99. The molecule has 0 heterocycles. The number of hydrazine groups is 1. The van der Waals surface area contributed by atoms with Crippen LogP contribution < -0.4 is 15.8 Å². The Kier molecular flexibility index (Phi) is 5.31. The third kappa shape index (κ3) is 4.44. The predicted molar refractivity (Wildman–Crippen MR) is 98.7 cm³/mol. The monoisotopic (exact) mass is 391 g/mol. The van der Waals surface area contributed by atoms with Crippen LogP contribution >= 0.6 is 0 Å². The summed E-state index contributed by atoms with van der Waals surface area (Å²) < 4.78 is 37.9. The van der Waals surface area contributed by atoms with Gasteiger partial charge in [0.05, 0.1) is 5.56 Å². The van der Waals surface area contributed by atoms with E-state index in [1.165, 1.54) is 12.1 Å². The highest BCUT2D eigenvalue weighted by molar-refractivity contribution is 5.96. The Morgan fingerprint density at radius 3 is 2.32 bits per heavy atom. The van der Waals surface area contributed by atoms with Crippen LogP contribution in [0.3, 0.4) is 0 Å². The van der Waals surface area contributed by atoms with Crippen LogP contribution in [-0.2, 0) is 11.0 Å². The number of nitrogens with one attached hydrogen (secondary N) is 2. The van der Waals surface area contributed by atoms with Crippen molar-refractivity contribution in [3.8, 4) is 0 Å². The quantitative estimate of drug-likeness (QED) is 0.786. The Morgan fingerprint density at radius 1 is 1.04 bits per heavy atom. The molecule has 1 saturated carbocycles. The summed E-state index contributed by atoms with van der Waals surface area (Å²) in [4.78, 5) is 26.3. The Labute approximate surface area is 160 Å². The third-order valence-electron chi connectivity index (χ3n) is 4.72. The van der Waals surface area contributed by atoms with Crippen LogP contribution in [0.4, 0.5) is 18.9 Å². The van der Waals surface area contributed by atoms with Gasteiger partial charge in [0.1, 0.15) is 0 Å². The summed E-state index contributed by atoms with van der Waals surface area (Å²) in [6, 6.07) is 11.8. The van der Waals surface area contributed by atoms with Crippen molar-refractivity contribution >= 4 is 17.5 Å². The van der Waals surface area contributed by atoms with Crippen LogP contribution in [0.2, 0.25) is 0 Å². The molecule has 2 unspecified atom stereocenters. The molecule has 2 atom stereocenters. The van der Waals surface area contributed by atoms with Gasteiger partial charge in [-0.3, -0.25) is 20.4 Å². The summed E-state index contributed by atoms with van der Waals surface area (Å²) in [6.07, 6.45) is -3.85. The zero-order valence-corrected chi connectivity index (χ0v) is 15.4. The summed E-state index contributed by atoms with van der Waals surface area (Å²) >= 11 is 0. The molecule has 0 aromatic heterocycles. The number of alkyl halides is 3. The second-order valence-electron chi connectivity index (χ2n) is 6.96. The van der Waals surface area contributed by atoms with E-state index in [2.05, 4.69) is 10.9 Å². The Balaban J connectivity index is 1.54. The van der Waals surface area contributed by atoms with Crippen LogP contribution in [0, 0.1) is 5.92 Å². The highest BCUT2D eigenvalue weighted by atomic mass is 19.4. The molecule has 3 rings (SSSR count). The van der Waals surface area contributed by atoms with Gasteiger partial charge in [-0.05, 0) is 48.2 Å². The van der Waals surface area contributed by atoms with Crippen molar-refractivity contribution in [3.05, 3.63) is 65.2 Å². The molecular formula is C20H20F3N3O2.